The molecule has 2 aromatic carbocycles. The zero-order valence-corrected chi connectivity index (χ0v) is 15.7. The molecule has 2 N–H and O–H groups in total. The van der Waals surface area contributed by atoms with E-state index in [-0.39, 0.29) is 23.2 Å². The highest BCUT2D eigenvalue weighted by atomic mass is 35.5. The number of halogens is 2. The number of carboxylic acids is 1. The molecular weight excluding hydrogens is 409 g/mol. The van der Waals surface area contributed by atoms with Gasteiger partial charge in [-0.15, -0.1) is 0 Å². The van der Waals surface area contributed by atoms with Crippen LogP contribution < -0.4 is 10.9 Å². The molecule has 0 saturated heterocycles. The minimum Gasteiger partial charge on any atom is -0.479 e. The molecule has 0 aliphatic heterocycles. The van der Waals surface area contributed by atoms with Crippen molar-refractivity contribution in [3.05, 3.63) is 68.7 Å². The lowest BCUT2D eigenvalue weighted by Gasteiger charge is -2.09. The summed E-state index contributed by atoms with van der Waals surface area (Å²) in [6.07, 6.45) is 0.475. The standard InChI is InChI=1S/C18H13Cl2N3O5/c19-13-3-1-10(5-14(13)20)7-23-9-21-15-4-2-11(6-12(15)17(23)26)22-18(27)28-8-16(24)25/h1-6,9H,7-8H2,(H,22,27)(H,24,25). The lowest BCUT2D eigenvalue weighted by atomic mass is 10.2. The van der Waals surface area contributed by atoms with Gasteiger partial charge < -0.3 is 9.84 Å². The van der Waals surface area contributed by atoms with Crippen molar-refractivity contribution in [2.75, 3.05) is 11.9 Å². The van der Waals surface area contributed by atoms with Gasteiger partial charge in [-0.25, -0.2) is 14.6 Å². The summed E-state index contributed by atoms with van der Waals surface area (Å²) in [5, 5.41) is 12.0. The lowest BCUT2D eigenvalue weighted by molar-refractivity contribution is -0.140. The molecule has 0 bridgehead atoms. The number of hydrogen-bond donors (Lipinski definition) is 2. The Morgan fingerprint density at radius 1 is 1.14 bits per heavy atom. The minimum absolute atomic E-state index is 0.233. The molecule has 0 unspecified atom stereocenters. The summed E-state index contributed by atoms with van der Waals surface area (Å²) in [7, 11) is 0. The van der Waals surface area contributed by atoms with Crippen LogP contribution in [-0.2, 0) is 16.1 Å². The van der Waals surface area contributed by atoms with Gasteiger partial charge in [-0.1, -0.05) is 29.3 Å². The van der Waals surface area contributed by atoms with E-state index < -0.39 is 18.7 Å². The number of nitrogens with one attached hydrogen (secondary N) is 1. The van der Waals surface area contributed by atoms with Crippen molar-refractivity contribution in [2.24, 2.45) is 0 Å². The van der Waals surface area contributed by atoms with Crippen molar-refractivity contribution in [3.63, 3.8) is 0 Å². The van der Waals surface area contributed by atoms with E-state index in [2.05, 4.69) is 15.0 Å². The second kappa shape index (κ2) is 8.28. The molecule has 3 aromatic rings. The van der Waals surface area contributed by atoms with Crippen molar-refractivity contribution >= 4 is 51.9 Å². The highest BCUT2D eigenvalue weighted by Crippen LogP contribution is 2.23. The molecule has 0 atom stereocenters. The van der Waals surface area contributed by atoms with Crippen LogP contribution in [0.5, 0.6) is 0 Å². The number of carbonyl (C=O) groups excluding carboxylic acids is 1. The van der Waals surface area contributed by atoms with Crippen LogP contribution in [0.1, 0.15) is 5.56 Å². The maximum atomic E-state index is 12.8. The predicted octanol–water partition coefficient (Wildman–Crippen LogP) is 3.38. The summed E-state index contributed by atoms with van der Waals surface area (Å²) in [5.41, 5.74) is 1.16. The van der Waals surface area contributed by atoms with Gasteiger partial charge in [0.1, 0.15) is 0 Å². The summed E-state index contributed by atoms with van der Waals surface area (Å²) >= 11 is 11.9. The van der Waals surface area contributed by atoms with Crippen LogP contribution in [0.4, 0.5) is 10.5 Å². The van der Waals surface area contributed by atoms with Crippen LogP contribution in [0.15, 0.2) is 47.5 Å². The highest BCUT2D eigenvalue weighted by Gasteiger charge is 2.10. The molecule has 0 spiro atoms. The molecule has 144 valence electrons. The van der Waals surface area contributed by atoms with Gasteiger partial charge in [0, 0.05) is 5.69 Å². The molecule has 28 heavy (non-hydrogen) atoms. The molecule has 1 aromatic heterocycles. The fraction of sp³-hybridized carbons (Fsp3) is 0.111. The number of ether oxygens (including phenoxy) is 1. The smallest absolute Gasteiger partial charge is 0.412 e. The van der Waals surface area contributed by atoms with Crippen molar-refractivity contribution in [1.29, 1.82) is 0 Å². The molecule has 0 fully saturated rings. The maximum absolute atomic E-state index is 12.8. The first-order valence-electron chi connectivity index (χ1n) is 7.92. The first-order valence-corrected chi connectivity index (χ1v) is 8.68. The average Bonchev–Trinajstić information content (AvgIpc) is 2.65. The Balaban J connectivity index is 1.87. The number of hydrogen-bond acceptors (Lipinski definition) is 5. The van der Waals surface area contributed by atoms with Crippen LogP contribution in [0.2, 0.25) is 10.0 Å². The summed E-state index contributed by atoms with van der Waals surface area (Å²) in [5.74, 6) is -1.27. The van der Waals surface area contributed by atoms with Crippen molar-refractivity contribution < 1.29 is 19.4 Å². The number of anilines is 1. The molecule has 0 saturated carbocycles. The summed E-state index contributed by atoms with van der Waals surface area (Å²) in [6.45, 7) is -0.533. The number of carbonyl (C=O) groups is 2. The SMILES string of the molecule is O=C(O)COC(=O)Nc1ccc2ncn(Cc3ccc(Cl)c(Cl)c3)c(=O)c2c1. The highest BCUT2D eigenvalue weighted by molar-refractivity contribution is 6.42. The van der Waals surface area contributed by atoms with E-state index in [0.717, 1.165) is 5.56 Å². The Morgan fingerprint density at radius 3 is 2.64 bits per heavy atom. The lowest BCUT2D eigenvalue weighted by Crippen LogP contribution is -2.22. The maximum Gasteiger partial charge on any atom is 0.412 e. The van der Waals surface area contributed by atoms with Crippen LogP contribution in [0.3, 0.4) is 0 Å². The van der Waals surface area contributed by atoms with E-state index in [1.54, 1.807) is 24.3 Å². The van der Waals surface area contributed by atoms with E-state index in [1.807, 2.05) is 0 Å². The minimum atomic E-state index is -1.27. The fourth-order valence-corrected chi connectivity index (χ4v) is 2.79. The van der Waals surface area contributed by atoms with Crippen LogP contribution in [-0.4, -0.2) is 33.3 Å². The second-order valence-electron chi connectivity index (χ2n) is 5.75. The van der Waals surface area contributed by atoms with Gasteiger partial charge in [0.15, 0.2) is 6.61 Å². The summed E-state index contributed by atoms with van der Waals surface area (Å²) < 4.78 is 5.90. The Morgan fingerprint density at radius 2 is 1.93 bits per heavy atom. The number of nitrogens with zero attached hydrogens (tertiary/aromatic N) is 2. The van der Waals surface area contributed by atoms with Gasteiger partial charge in [-0.2, -0.15) is 0 Å². The predicted molar refractivity (Wildman–Crippen MR) is 104 cm³/mol. The van der Waals surface area contributed by atoms with E-state index in [9.17, 15) is 14.4 Å². The Labute approximate surface area is 168 Å². The number of fused-ring (bicyclic) bond motifs is 1. The molecule has 0 aliphatic rings. The van der Waals surface area contributed by atoms with Gasteiger partial charge in [0.05, 0.1) is 33.8 Å². The third-order valence-electron chi connectivity index (χ3n) is 3.73. The van der Waals surface area contributed by atoms with Crippen LogP contribution in [0.25, 0.3) is 10.9 Å². The monoisotopic (exact) mass is 421 g/mol. The Bertz CT molecular complexity index is 1130. The molecule has 1 amide bonds. The molecule has 0 aliphatic carbocycles. The number of amides is 1. The van der Waals surface area contributed by atoms with E-state index in [1.165, 1.54) is 23.0 Å². The molecule has 10 heteroatoms. The summed E-state index contributed by atoms with van der Waals surface area (Å²) in [6, 6.07) is 9.59. The number of carboxylic acid groups (broad SMARTS) is 1. The summed E-state index contributed by atoms with van der Waals surface area (Å²) in [4.78, 5) is 39.0. The molecule has 8 nitrogen and oxygen atoms in total. The number of aliphatic carboxylic acids is 1. The van der Waals surface area contributed by atoms with Gasteiger partial charge in [-0.3, -0.25) is 14.7 Å². The number of aromatic nitrogens is 2. The van der Waals surface area contributed by atoms with Gasteiger partial charge in [-0.05, 0) is 35.9 Å². The zero-order chi connectivity index (χ0) is 20.3. The van der Waals surface area contributed by atoms with Crippen LogP contribution >= 0.6 is 23.2 Å². The zero-order valence-electron chi connectivity index (χ0n) is 14.2. The van der Waals surface area contributed by atoms with E-state index in [4.69, 9.17) is 28.3 Å². The first-order chi connectivity index (χ1) is 13.3. The molecule has 1 heterocycles. The van der Waals surface area contributed by atoms with Crippen molar-refractivity contribution in [2.45, 2.75) is 6.54 Å². The normalized spacial score (nSPS) is 10.6. The van der Waals surface area contributed by atoms with Crippen LogP contribution in [0, 0.1) is 0 Å². The van der Waals surface area contributed by atoms with Gasteiger partial charge in [0.25, 0.3) is 5.56 Å². The van der Waals surface area contributed by atoms with Crippen molar-refractivity contribution in [3.8, 4) is 0 Å². The Hall–Kier alpha value is -3.10. The van der Waals surface area contributed by atoms with E-state index >= 15 is 0 Å². The average molecular weight is 422 g/mol. The van der Waals surface area contributed by atoms with Gasteiger partial charge in [0.2, 0.25) is 0 Å². The quantitative estimate of drug-likeness (QED) is 0.652. The molecule has 0 radical (unpaired) electrons. The molecule has 3 rings (SSSR count). The van der Waals surface area contributed by atoms with E-state index in [0.29, 0.717) is 15.6 Å². The number of rotatable bonds is 5. The topological polar surface area (TPSA) is 111 Å². The van der Waals surface area contributed by atoms with Crippen molar-refractivity contribution in [1.82, 2.24) is 9.55 Å². The third kappa shape index (κ3) is 4.59. The second-order valence-corrected chi connectivity index (χ2v) is 6.57. The first kappa shape index (κ1) is 19.7. The fourth-order valence-electron chi connectivity index (χ4n) is 2.47. The molecular formula is C18H13Cl2N3O5. The number of benzene rings is 2. The third-order valence-corrected chi connectivity index (χ3v) is 4.47. The van der Waals surface area contributed by atoms with Gasteiger partial charge >= 0.3 is 12.1 Å². The largest absolute Gasteiger partial charge is 0.479 e. The Kier molecular flexibility index (Phi) is 5.81.